The third kappa shape index (κ3) is 2.63. The summed E-state index contributed by atoms with van der Waals surface area (Å²) in [4.78, 5) is 16.6. The minimum absolute atomic E-state index is 0.0262. The van der Waals surface area contributed by atoms with Gasteiger partial charge in [-0.2, -0.15) is 0 Å². The van der Waals surface area contributed by atoms with Gasteiger partial charge in [0, 0.05) is 17.5 Å². The predicted molar refractivity (Wildman–Crippen MR) is 79.9 cm³/mol. The van der Waals surface area contributed by atoms with Gasteiger partial charge in [-0.15, -0.1) is 11.8 Å². The van der Waals surface area contributed by atoms with Crippen molar-refractivity contribution in [3.63, 3.8) is 0 Å². The van der Waals surface area contributed by atoms with Crippen molar-refractivity contribution in [3.8, 4) is 0 Å². The van der Waals surface area contributed by atoms with Gasteiger partial charge in [0.15, 0.2) is 0 Å². The van der Waals surface area contributed by atoms with E-state index in [0.717, 1.165) is 22.9 Å². The largest absolute Gasteiger partial charge is 0.468 e. The smallest absolute Gasteiger partial charge is 0.258 e. The molecule has 0 unspecified atom stereocenters. The number of hydrogen-bond acceptors (Lipinski definition) is 4. The van der Waals surface area contributed by atoms with Crippen LogP contribution in [0.5, 0.6) is 0 Å². The number of nitrogens with zero attached hydrogens (tertiary/aromatic N) is 2. The summed E-state index contributed by atoms with van der Waals surface area (Å²) in [6, 6.07) is 11.1. The summed E-state index contributed by atoms with van der Waals surface area (Å²) >= 11 is 1.68. The topological polar surface area (TPSA) is 47.5 Å². The lowest BCUT2D eigenvalue weighted by Gasteiger charge is -2.06. The summed E-state index contributed by atoms with van der Waals surface area (Å²) in [5, 5.41) is 0. The highest BCUT2D eigenvalue weighted by molar-refractivity contribution is 7.97. The van der Waals surface area contributed by atoms with Crippen LogP contribution in [0.3, 0.4) is 0 Å². The van der Waals surface area contributed by atoms with Crippen LogP contribution in [0.1, 0.15) is 17.1 Å². The first-order valence-corrected chi connectivity index (χ1v) is 7.48. The highest BCUT2D eigenvalue weighted by Gasteiger charge is 2.05. The monoisotopic (exact) mass is 286 g/mol. The van der Waals surface area contributed by atoms with E-state index in [1.807, 2.05) is 37.3 Å². The minimum atomic E-state index is -0.0262. The third-order valence-electron chi connectivity index (χ3n) is 3.01. The first kappa shape index (κ1) is 13.0. The number of fused-ring (bicyclic) bond motifs is 1. The molecule has 0 bridgehead atoms. The van der Waals surface area contributed by atoms with Crippen molar-refractivity contribution in [2.45, 2.75) is 18.4 Å². The standard InChI is InChI=1S/C15H14N2O2S/c1-11-4-2-6-14-16-12(8-15(18)17(11)14)9-20-10-13-5-3-7-19-13/h2-8H,9-10H2,1H3. The maximum absolute atomic E-state index is 12.1. The van der Waals surface area contributed by atoms with Crippen molar-refractivity contribution < 1.29 is 4.42 Å². The lowest BCUT2D eigenvalue weighted by molar-refractivity contribution is 0.530. The molecule has 0 saturated carbocycles. The van der Waals surface area contributed by atoms with E-state index < -0.39 is 0 Å². The number of rotatable bonds is 4. The van der Waals surface area contributed by atoms with Crippen molar-refractivity contribution in [2.24, 2.45) is 0 Å². The molecule has 0 aromatic carbocycles. The lowest BCUT2D eigenvalue weighted by atomic mass is 10.3. The van der Waals surface area contributed by atoms with Crippen molar-refractivity contribution >= 4 is 17.4 Å². The Morgan fingerprint density at radius 2 is 2.15 bits per heavy atom. The van der Waals surface area contributed by atoms with Crippen LogP contribution < -0.4 is 5.56 Å². The zero-order valence-corrected chi connectivity index (χ0v) is 11.9. The third-order valence-corrected chi connectivity index (χ3v) is 4.00. The maximum atomic E-state index is 12.1. The van der Waals surface area contributed by atoms with Crippen LogP contribution in [-0.4, -0.2) is 9.38 Å². The normalized spacial score (nSPS) is 11.1. The van der Waals surface area contributed by atoms with E-state index in [1.54, 1.807) is 28.5 Å². The molecule has 0 aliphatic heterocycles. The highest BCUT2D eigenvalue weighted by Crippen LogP contribution is 2.16. The number of pyridine rings is 1. The van der Waals surface area contributed by atoms with Gasteiger partial charge in [0.05, 0.1) is 17.7 Å². The quantitative estimate of drug-likeness (QED) is 0.739. The summed E-state index contributed by atoms with van der Waals surface area (Å²) in [6.07, 6.45) is 1.67. The molecule has 0 amide bonds. The summed E-state index contributed by atoms with van der Waals surface area (Å²) in [6.45, 7) is 1.90. The van der Waals surface area contributed by atoms with Gasteiger partial charge in [-0.05, 0) is 31.2 Å². The molecule has 102 valence electrons. The molecule has 0 aliphatic rings. The molecule has 4 nitrogen and oxygen atoms in total. The molecule has 0 saturated heterocycles. The Morgan fingerprint density at radius 1 is 1.25 bits per heavy atom. The molecular weight excluding hydrogens is 272 g/mol. The van der Waals surface area contributed by atoms with Gasteiger partial charge in [-0.3, -0.25) is 9.20 Å². The fourth-order valence-electron chi connectivity index (χ4n) is 2.09. The Hall–Kier alpha value is -2.01. The Labute approximate surface area is 120 Å². The Balaban J connectivity index is 1.80. The first-order chi connectivity index (χ1) is 9.74. The molecule has 3 aromatic rings. The number of furan rings is 1. The second kappa shape index (κ2) is 5.54. The van der Waals surface area contributed by atoms with E-state index >= 15 is 0 Å². The van der Waals surface area contributed by atoms with Crippen LogP contribution in [0.4, 0.5) is 0 Å². The Bertz CT molecular complexity index is 778. The van der Waals surface area contributed by atoms with Gasteiger partial charge in [0.2, 0.25) is 0 Å². The zero-order chi connectivity index (χ0) is 13.9. The van der Waals surface area contributed by atoms with Gasteiger partial charge < -0.3 is 4.42 Å². The summed E-state index contributed by atoms with van der Waals surface area (Å²) < 4.78 is 6.90. The van der Waals surface area contributed by atoms with Gasteiger partial charge in [0.1, 0.15) is 11.4 Å². The summed E-state index contributed by atoms with van der Waals surface area (Å²) in [5.74, 6) is 2.41. The molecule has 3 heterocycles. The Kier molecular flexibility index (Phi) is 3.60. The fraction of sp³-hybridized carbons (Fsp3) is 0.200. The van der Waals surface area contributed by atoms with E-state index in [1.165, 1.54) is 0 Å². The number of aromatic nitrogens is 2. The minimum Gasteiger partial charge on any atom is -0.468 e. The van der Waals surface area contributed by atoms with E-state index in [4.69, 9.17) is 4.42 Å². The van der Waals surface area contributed by atoms with Crippen molar-refractivity contribution in [1.29, 1.82) is 0 Å². The van der Waals surface area contributed by atoms with E-state index in [2.05, 4.69) is 4.98 Å². The highest BCUT2D eigenvalue weighted by atomic mass is 32.2. The zero-order valence-electron chi connectivity index (χ0n) is 11.1. The van der Waals surface area contributed by atoms with Gasteiger partial charge in [-0.25, -0.2) is 4.98 Å². The van der Waals surface area contributed by atoms with Crippen molar-refractivity contribution in [1.82, 2.24) is 9.38 Å². The summed E-state index contributed by atoms with van der Waals surface area (Å²) in [7, 11) is 0. The molecule has 20 heavy (non-hydrogen) atoms. The average molecular weight is 286 g/mol. The number of thioether (sulfide) groups is 1. The number of aryl methyl sites for hydroxylation is 1. The fourth-order valence-corrected chi connectivity index (χ4v) is 2.91. The van der Waals surface area contributed by atoms with Gasteiger partial charge in [-0.1, -0.05) is 6.07 Å². The predicted octanol–water partition coefficient (Wildman–Crippen LogP) is 3.03. The van der Waals surface area contributed by atoms with Crippen molar-refractivity contribution in [2.75, 3.05) is 0 Å². The van der Waals surface area contributed by atoms with Gasteiger partial charge >= 0.3 is 0 Å². The molecule has 0 spiro atoms. The molecule has 3 aromatic heterocycles. The van der Waals surface area contributed by atoms with Crippen LogP contribution in [0, 0.1) is 6.92 Å². The van der Waals surface area contributed by atoms with Crippen LogP contribution in [0.15, 0.2) is 51.9 Å². The molecule has 0 radical (unpaired) electrons. The Morgan fingerprint density at radius 3 is 2.95 bits per heavy atom. The molecular formula is C15H14N2O2S. The maximum Gasteiger partial charge on any atom is 0.258 e. The lowest BCUT2D eigenvalue weighted by Crippen LogP contribution is -2.17. The molecule has 0 aliphatic carbocycles. The molecule has 5 heteroatoms. The van der Waals surface area contributed by atoms with Gasteiger partial charge in [0.25, 0.3) is 5.56 Å². The second-order valence-electron chi connectivity index (χ2n) is 4.52. The SMILES string of the molecule is Cc1cccc2nc(CSCc3ccco3)cc(=O)n12. The van der Waals surface area contributed by atoms with E-state index in [0.29, 0.717) is 11.4 Å². The van der Waals surface area contributed by atoms with Crippen LogP contribution in [-0.2, 0) is 11.5 Å². The molecule has 0 fully saturated rings. The molecule has 0 N–H and O–H groups in total. The second-order valence-corrected chi connectivity index (χ2v) is 5.50. The number of hydrogen-bond donors (Lipinski definition) is 0. The molecule has 0 atom stereocenters. The van der Waals surface area contributed by atoms with E-state index in [-0.39, 0.29) is 5.56 Å². The first-order valence-electron chi connectivity index (χ1n) is 6.32. The van der Waals surface area contributed by atoms with Crippen LogP contribution in [0.25, 0.3) is 5.65 Å². The average Bonchev–Trinajstić information content (AvgIpc) is 2.91. The van der Waals surface area contributed by atoms with E-state index in [9.17, 15) is 4.79 Å². The molecule has 3 rings (SSSR count). The van der Waals surface area contributed by atoms with Crippen LogP contribution >= 0.6 is 11.8 Å². The van der Waals surface area contributed by atoms with Crippen LogP contribution in [0.2, 0.25) is 0 Å². The summed E-state index contributed by atoms with van der Waals surface area (Å²) in [5.41, 5.74) is 2.37. The van der Waals surface area contributed by atoms with Crippen molar-refractivity contribution in [3.05, 3.63) is 70.2 Å².